The number of hydrazine groups is 2. The van der Waals surface area contributed by atoms with Crippen molar-refractivity contribution in [3.8, 4) is 11.8 Å². The summed E-state index contributed by atoms with van der Waals surface area (Å²) in [6.45, 7) is 4.84. The molecule has 1 saturated heterocycles. The molecule has 2 aromatic rings. The smallest absolute Gasteiger partial charge is 0.298 e. The lowest BCUT2D eigenvalue weighted by molar-refractivity contribution is -0.127. The molecule has 2 amide bonds. The molecule has 1 aromatic carbocycles. The molecule has 10 heteroatoms. The number of hydrogen-bond donors (Lipinski definition) is 3. The number of likely N-dealkylation sites (tertiary alicyclic amines) is 1. The third-order valence-electron chi connectivity index (χ3n) is 6.49. The van der Waals surface area contributed by atoms with Crippen LogP contribution >= 0.6 is 0 Å². The number of piperidine rings is 1. The van der Waals surface area contributed by atoms with Gasteiger partial charge < -0.3 is 10.2 Å². The van der Waals surface area contributed by atoms with Crippen molar-refractivity contribution < 1.29 is 9.59 Å². The fourth-order valence-corrected chi connectivity index (χ4v) is 4.70. The lowest BCUT2D eigenvalue weighted by Crippen LogP contribution is -2.51. The summed E-state index contributed by atoms with van der Waals surface area (Å²) in [5.74, 6) is 11.7. The molecule has 3 aliphatic rings. The Bertz CT molecular complexity index is 1380. The van der Waals surface area contributed by atoms with Crippen LogP contribution in [0.1, 0.15) is 41.3 Å². The third-order valence-corrected chi connectivity index (χ3v) is 6.49. The third kappa shape index (κ3) is 4.90. The Hall–Kier alpha value is -4.62. The highest BCUT2D eigenvalue weighted by molar-refractivity contribution is 6.04. The van der Waals surface area contributed by atoms with Gasteiger partial charge in [0.1, 0.15) is 23.6 Å². The number of carbonyl (C=O) groups is 2. The molecule has 1 atom stereocenters. The van der Waals surface area contributed by atoms with Crippen molar-refractivity contribution in [2.75, 3.05) is 18.4 Å². The summed E-state index contributed by atoms with van der Waals surface area (Å²) in [7, 11) is 0. The van der Waals surface area contributed by atoms with E-state index in [1.807, 2.05) is 36.2 Å². The number of fused-ring (bicyclic) bond motifs is 1. The van der Waals surface area contributed by atoms with Gasteiger partial charge in [0.25, 0.3) is 11.8 Å². The zero-order valence-corrected chi connectivity index (χ0v) is 20.7. The van der Waals surface area contributed by atoms with Crippen molar-refractivity contribution in [1.82, 2.24) is 25.3 Å². The quantitative estimate of drug-likeness (QED) is 0.439. The highest BCUT2D eigenvalue weighted by Crippen LogP contribution is 2.36. The van der Waals surface area contributed by atoms with Crippen LogP contribution in [0.15, 0.2) is 65.2 Å². The van der Waals surface area contributed by atoms with Crippen LogP contribution in [0.2, 0.25) is 0 Å². The highest BCUT2D eigenvalue weighted by atomic mass is 16.2. The second-order valence-electron chi connectivity index (χ2n) is 9.06. The fraction of sp³-hybridized carbons (Fsp3) is 0.259. The standard InChI is InChI=1S/C27H28N8O2/c1-3-5-24(36)33-13-4-6-21(16-33)35-22-15-29-17-34(28)26(22)25(32-35)19-7-9-20(10-8-19)27(37)31-23-14-18(2)11-12-30-23/h7-12,14-15,17,21,32H,4,6,13,16,28H2,1-2H3,(H,30,31,37)/t21-/m1/s1. The van der Waals surface area contributed by atoms with E-state index in [9.17, 15) is 9.59 Å². The van der Waals surface area contributed by atoms with Gasteiger partial charge in [0.15, 0.2) is 0 Å². The first-order valence-electron chi connectivity index (χ1n) is 12.1. The van der Waals surface area contributed by atoms with Gasteiger partial charge in [-0.15, -0.1) is 0 Å². The Morgan fingerprint density at radius 2 is 2.03 bits per heavy atom. The molecular formula is C27H28N8O2. The molecule has 0 aliphatic carbocycles. The molecule has 188 valence electrons. The second kappa shape index (κ2) is 10.2. The van der Waals surface area contributed by atoms with E-state index in [1.54, 1.807) is 42.7 Å². The van der Waals surface area contributed by atoms with Crippen LogP contribution in [-0.2, 0) is 4.79 Å². The molecule has 5 rings (SSSR count). The number of nitrogens with one attached hydrogen (secondary N) is 2. The van der Waals surface area contributed by atoms with Crippen molar-refractivity contribution in [2.45, 2.75) is 32.7 Å². The zero-order valence-electron chi connectivity index (χ0n) is 20.7. The predicted octanol–water partition coefficient (Wildman–Crippen LogP) is 2.20. The maximum Gasteiger partial charge on any atom is 0.298 e. The minimum absolute atomic E-state index is 0.0173. The maximum atomic E-state index is 12.7. The summed E-state index contributed by atoms with van der Waals surface area (Å²) in [6, 6.07) is 11.0. The molecule has 0 bridgehead atoms. The van der Waals surface area contributed by atoms with Crippen LogP contribution < -0.4 is 16.6 Å². The summed E-state index contributed by atoms with van der Waals surface area (Å²) in [6.07, 6.45) is 6.74. The Morgan fingerprint density at radius 3 is 2.78 bits per heavy atom. The van der Waals surface area contributed by atoms with E-state index >= 15 is 0 Å². The van der Waals surface area contributed by atoms with Crippen molar-refractivity contribution in [2.24, 2.45) is 10.8 Å². The monoisotopic (exact) mass is 496 g/mol. The molecule has 0 radical (unpaired) electrons. The summed E-state index contributed by atoms with van der Waals surface area (Å²) in [5.41, 5.74) is 8.27. The Labute approximate surface area is 215 Å². The molecule has 1 aromatic heterocycles. The van der Waals surface area contributed by atoms with Crippen LogP contribution in [0, 0.1) is 18.8 Å². The molecule has 0 saturated carbocycles. The van der Waals surface area contributed by atoms with Crippen LogP contribution in [0.4, 0.5) is 5.82 Å². The number of benzene rings is 1. The largest absolute Gasteiger partial charge is 0.330 e. The number of nitrogens with zero attached hydrogens (tertiary/aromatic N) is 5. The first-order chi connectivity index (χ1) is 17.9. The van der Waals surface area contributed by atoms with Gasteiger partial charge in [-0.1, -0.05) is 18.1 Å². The van der Waals surface area contributed by atoms with Crippen molar-refractivity contribution in [3.05, 3.63) is 76.9 Å². The zero-order chi connectivity index (χ0) is 25.9. The van der Waals surface area contributed by atoms with Crippen molar-refractivity contribution in [1.29, 1.82) is 0 Å². The van der Waals surface area contributed by atoms with Gasteiger partial charge in [-0.25, -0.2) is 15.8 Å². The maximum absolute atomic E-state index is 12.7. The van der Waals surface area contributed by atoms with Crippen molar-refractivity contribution >= 4 is 29.7 Å². The fourth-order valence-electron chi connectivity index (χ4n) is 4.70. The molecule has 4 N–H and O–H groups in total. The Morgan fingerprint density at radius 1 is 1.22 bits per heavy atom. The molecule has 1 fully saturated rings. The van der Waals surface area contributed by atoms with Crippen LogP contribution in [0.5, 0.6) is 0 Å². The first kappa shape index (κ1) is 24.1. The number of hydrogen-bond acceptors (Lipinski definition) is 8. The van der Waals surface area contributed by atoms with Gasteiger partial charge in [-0.3, -0.25) is 25.0 Å². The molecular weight excluding hydrogens is 468 g/mol. The number of nitrogens with two attached hydrogens (primary N) is 1. The minimum atomic E-state index is -0.240. The lowest BCUT2D eigenvalue weighted by Gasteiger charge is -2.39. The van der Waals surface area contributed by atoms with E-state index in [1.165, 1.54) is 5.01 Å². The summed E-state index contributed by atoms with van der Waals surface area (Å²) < 4.78 is 0. The van der Waals surface area contributed by atoms with E-state index < -0.39 is 0 Å². The normalized spacial score (nSPS) is 18.5. The predicted molar refractivity (Wildman–Crippen MR) is 141 cm³/mol. The minimum Gasteiger partial charge on any atom is -0.330 e. The van der Waals surface area contributed by atoms with Gasteiger partial charge in [0.2, 0.25) is 0 Å². The van der Waals surface area contributed by atoms with E-state index in [4.69, 9.17) is 5.84 Å². The molecule has 0 unspecified atom stereocenters. The number of amides is 2. The summed E-state index contributed by atoms with van der Waals surface area (Å²) in [4.78, 5) is 35.4. The van der Waals surface area contributed by atoms with Gasteiger partial charge in [-0.05, 0) is 62.4 Å². The number of aromatic nitrogens is 1. The van der Waals surface area contributed by atoms with Crippen LogP contribution in [0.3, 0.4) is 0 Å². The lowest BCUT2D eigenvalue weighted by atomic mass is 10.0. The Kier molecular flexibility index (Phi) is 6.62. The summed E-state index contributed by atoms with van der Waals surface area (Å²) in [5, 5.41) is 6.34. The van der Waals surface area contributed by atoms with E-state index in [0.717, 1.165) is 41.1 Å². The summed E-state index contributed by atoms with van der Waals surface area (Å²) >= 11 is 0. The average molecular weight is 497 g/mol. The van der Waals surface area contributed by atoms with Gasteiger partial charge >= 0.3 is 0 Å². The number of anilines is 1. The van der Waals surface area contributed by atoms with Gasteiger partial charge in [-0.2, -0.15) is 0 Å². The highest BCUT2D eigenvalue weighted by Gasteiger charge is 2.38. The van der Waals surface area contributed by atoms with Gasteiger partial charge in [0, 0.05) is 30.4 Å². The molecule has 10 nitrogen and oxygen atoms in total. The van der Waals surface area contributed by atoms with E-state index in [0.29, 0.717) is 24.5 Å². The van der Waals surface area contributed by atoms with Crippen molar-refractivity contribution in [3.63, 3.8) is 0 Å². The number of aliphatic imine (C=N–C) groups is 1. The number of carbonyl (C=O) groups excluding carboxylic acids is 2. The molecule has 0 spiro atoms. The number of pyridine rings is 1. The number of rotatable bonds is 4. The van der Waals surface area contributed by atoms with E-state index in [-0.39, 0.29) is 17.9 Å². The molecule has 4 heterocycles. The number of aryl methyl sites for hydroxylation is 1. The van der Waals surface area contributed by atoms with E-state index in [2.05, 4.69) is 32.6 Å². The average Bonchev–Trinajstić information content (AvgIpc) is 3.30. The second-order valence-corrected chi connectivity index (χ2v) is 9.06. The van der Waals surface area contributed by atoms with Crippen LogP contribution in [0.25, 0.3) is 5.70 Å². The first-order valence-corrected chi connectivity index (χ1v) is 12.1. The molecule has 37 heavy (non-hydrogen) atoms. The topological polar surface area (TPSA) is 119 Å². The van der Waals surface area contributed by atoms with Gasteiger partial charge in [0.05, 0.1) is 17.9 Å². The molecule has 3 aliphatic heterocycles. The SMILES string of the molecule is CC#CC(=O)N1CCC[C@@H](N2NC(c3ccc(C(=O)Nc4cc(C)ccn4)cc3)=C3C2=CN=CN3N)C1. The van der Waals surface area contributed by atoms with Crippen LogP contribution in [-0.4, -0.2) is 57.2 Å². The Balaban J connectivity index is 1.37.